The Morgan fingerprint density at radius 3 is 2.75 bits per heavy atom. The fourth-order valence-corrected chi connectivity index (χ4v) is 0.727. The molecule has 1 N–H and O–H groups in total. The minimum Gasteiger partial charge on any atom is -0.382 e. The topological polar surface area (TPSA) is 20.2 Å². The lowest BCUT2D eigenvalue weighted by atomic mass is 10.1. The average molecular weight is 109 g/mol. The molecule has 8 heavy (non-hydrogen) atoms. The number of hydrogen-bond acceptors (Lipinski definition) is 1. The summed E-state index contributed by atoms with van der Waals surface area (Å²) in [7, 11) is 0. The molecular formula is C7H9O. The van der Waals surface area contributed by atoms with Crippen molar-refractivity contribution in [2.75, 3.05) is 0 Å². The van der Waals surface area contributed by atoms with Crippen molar-refractivity contribution in [2.45, 2.75) is 13.3 Å². The Morgan fingerprint density at radius 1 is 1.62 bits per heavy atom. The largest absolute Gasteiger partial charge is 0.382 e. The highest BCUT2D eigenvalue weighted by Crippen LogP contribution is 2.15. The fraction of sp³-hybridized carbons (Fsp3) is 0.286. The summed E-state index contributed by atoms with van der Waals surface area (Å²) in [6, 6.07) is 0. The van der Waals surface area contributed by atoms with Gasteiger partial charge in [0.05, 0.1) is 0 Å². The van der Waals surface area contributed by atoms with Crippen molar-refractivity contribution in [1.29, 1.82) is 0 Å². The monoisotopic (exact) mass is 109 g/mol. The van der Waals surface area contributed by atoms with Gasteiger partial charge in [-0.15, -0.1) is 0 Å². The van der Waals surface area contributed by atoms with Crippen LogP contribution in [0, 0.1) is 6.10 Å². The molecule has 1 aliphatic rings. The molecule has 0 spiro atoms. The van der Waals surface area contributed by atoms with Crippen LogP contribution in [-0.4, -0.2) is 5.11 Å². The summed E-state index contributed by atoms with van der Waals surface area (Å²) < 4.78 is 0. The summed E-state index contributed by atoms with van der Waals surface area (Å²) in [6.07, 6.45) is 6.75. The first-order chi connectivity index (χ1) is 3.79. The highest BCUT2D eigenvalue weighted by molar-refractivity contribution is 5.24. The molecular weight excluding hydrogens is 100 g/mol. The highest BCUT2D eigenvalue weighted by atomic mass is 16.3. The van der Waals surface area contributed by atoms with Crippen LogP contribution in [-0.2, 0) is 0 Å². The van der Waals surface area contributed by atoms with E-state index < -0.39 is 0 Å². The number of aliphatic hydroxyl groups is 1. The number of rotatable bonds is 0. The highest BCUT2D eigenvalue weighted by Gasteiger charge is 2.03. The minimum absolute atomic E-state index is 0.463. The third-order valence-electron chi connectivity index (χ3n) is 1.13. The van der Waals surface area contributed by atoms with Gasteiger partial charge >= 0.3 is 0 Å². The van der Waals surface area contributed by atoms with E-state index in [9.17, 15) is 0 Å². The summed E-state index contributed by atoms with van der Waals surface area (Å²) in [5.41, 5.74) is 1.21. The van der Waals surface area contributed by atoms with Gasteiger partial charge in [-0.25, -0.2) is 0 Å². The zero-order valence-electron chi connectivity index (χ0n) is 4.89. The van der Waals surface area contributed by atoms with Crippen molar-refractivity contribution >= 4 is 0 Å². The number of aliphatic hydroxyl groups excluding tert-OH is 1. The van der Waals surface area contributed by atoms with Gasteiger partial charge in [0.2, 0.25) is 0 Å². The van der Waals surface area contributed by atoms with Gasteiger partial charge < -0.3 is 5.11 Å². The van der Waals surface area contributed by atoms with E-state index in [1.165, 1.54) is 5.57 Å². The SMILES string of the molecule is CC1=CC=C[C](O)C1. The van der Waals surface area contributed by atoms with Gasteiger partial charge in [0, 0.05) is 6.42 Å². The quantitative estimate of drug-likeness (QED) is 0.503. The van der Waals surface area contributed by atoms with Crippen LogP contribution in [0.1, 0.15) is 13.3 Å². The molecule has 0 amide bonds. The van der Waals surface area contributed by atoms with Gasteiger partial charge in [-0.1, -0.05) is 17.7 Å². The first kappa shape index (κ1) is 5.57. The van der Waals surface area contributed by atoms with E-state index in [1.54, 1.807) is 6.08 Å². The van der Waals surface area contributed by atoms with E-state index in [4.69, 9.17) is 5.11 Å². The van der Waals surface area contributed by atoms with Crippen LogP contribution < -0.4 is 0 Å². The second-order valence-electron chi connectivity index (χ2n) is 2.04. The summed E-state index contributed by atoms with van der Waals surface area (Å²) in [6.45, 7) is 2.00. The van der Waals surface area contributed by atoms with Crippen molar-refractivity contribution in [3.63, 3.8) is 0 Å². The Hall–Kier alpha value is -0.560. The maximum atomic E-state index is 8.87. The minimum atomic E-state index is 0.463. The van der Waals surface area contributed by atoms with E-state index in [0.29, 0.717) is 6.10 Å². The first-order valence-corrected chi connectivity index (χ1v) is 2.67. The third-order valence-corrected chi connectivity index (χ3v) is 1.13. The molecule has 1 heteroatoms. The van der Waals surface area contributed by atoms with Crippen molar-refractivity contribution in [1.82, 2.24) is 0 Å². The Balaban J connectivity index is 2.59. The molecule has 1 radical (unpaired) electrons. The molecule has 43 valence electrons. The molecule has 0 aromatic heterocycles. The smallest absolute Gasteiger partial charge is 0.119 e. The second-order valence-corrected chi connectivity index (χ2v) is 2.04. The van der Waals surface area contributed by atoms with Crippen LogP contribution in [0.5, 0.6) is 0 Å². The third kappa shape index (κ3) is 1.20. The summed E-state index contributed by atoms with van der Waals surface area (Å²) in [5, 5.41) is 8.87. The van der Waals surface area contributed by atoms with E-state index in [1.807, 2.05) is 19.1 Å². The van der Waals surface area contributed by atoms with Crippen molar-refractivity contribution in [3.8, 4) is 0 Å². The van der Waals surface area contributed by atoms with Crippen molar-refractivity contribution in [2.24, 2.45) is 0 Å². The number of allylic oxidation sites excluding steroid dienone is 2. The Kier molecular flexibility index (Phi) is 1.49. The Labute approximate surface area is 49.3 Å². The molecule has 0 fully saturated rings. The molecule has 0 atom stereocenters. The van der Waals surface area contributed by atoms with Crippen LogP contribution in [0.15, 0.2) is 23.8 Å². The Bertz CT molecular complexity index is 133. The lowest BCUT2D eigenvalue weighted by molar-refractivity contribution is 0.328. The van der Waals surface area contributed by atoms with Gasteiger partial charge in [0.15, 0.2) is 0 Å². The van der Waals surface area contributed by atoms with Crippen molar-refractivity contribution < 1.29 is 5.11 Å². The van der Waals surface area contributed by atoms with E-state index in [2.05, 4.69) is 0 Å². The fourth-order valence-electron chi connectivity index (χ4n) is 0.727. The molecule has 0 aromatic carbocycles. The van der Waals surface area contributed by atoms with Gasteiger partial charge in [-0.2, -0.15) is 0 Å². The predicted octanol–water partition coefficient (Wildman–Crippen LogP) is 1.80. The second kappa shape index (κ2) is 2.14. The summed E-state index contributed by atoms with van der Waals surface area (Å²) in [4.78, 5) is 0. The van der Waals surface area contributed by atoms with Gasteiger partial charge in [-0.3, -0.25) is 0 Å². The van der Waals surface area contributed by atoms with Crippen LogP contribution in [0.25, 0.3) is 0 Å². The van der Waals surface area contributed by atoms with E-state index in [-0.39, 0.29) is 0 Å². The maximum absolute atomic E-state index is 8.87. The lowest BCUT2D eigenvalue weighted by Crippen LogP contribution is -1.94. The molecule has 0 unspecified atom stereocenters. The summed E-state index contributed by atoms with van der Waals surface area (Å²) >= 11 is 0. The zero-order chi connectivity index (χ0) is 5.98. The van der Waals surface area contributed by atoms with Crippen LogP contribution in [0.2, 0.25) is 0 Å². The molecule has 1 rings (SSSR count). The first-order valence-electron chi connectivity index (χ1n) is 2.67. The molecule has 0 aliphatic heterocycles. The standard InChI is InChI=1S/C7H9O/c1-6-3-2-4-7(8)5-6/h2-4,8H,5H2,1H3. The normalized spacial score (nSPS) is 21.0. The molecule has 0 saturated heterocycles. The van der Waals surface area contributed by atoms with Crippen LogP contribution in [0.4, 0.5) is 0 Å². The molecule has 1 nitrogen and oxygen atoms in total. The molecule has 0 saturated carbocycles. The van der Waals surface area contributed by atoms with Gasteiger partial charge in [-0.05, 0) is 13.0 Å². The molecule has 1 aliphatic carbocycles. The van der Waals surface area contributed by atoms with Crippen molar-refractivity contribution in [3.05, 3.63) is 29.9 Å². The molecule has 0 aromatic rings. The lowest BCUT2D eigenvalue weighted by Gasteiger charge is -2.06. The molecule has 0 bridgehead atoms. The maximum Gasteiger partial charge on any atom is 0.119 e. The van der Waals surface area contributed by atoms with Gasteiger partial charge in [0.25, 0.3) is 0 Å². The van der Waals surface area contributed by atoms with Crippen LogP contribution >= 0.6 is 0 Å². The van der Waals surface area contributed by atoms with Gasteiger partial charge in [0.1, 0.15) is 6.10 Å². The zero-order valence-corrected chi connectivity index (χ0v) is 4.89. The average Bonchev–Trinajstić information content (AvgIpc) is 1.64. The Morgan fingerprint density at radius 2 is 2.38 bits per heavy atom. The number of hydrogen-bond donors (Lipinski definition) is 1. The van der Waals surface area contributed by atoms with E-state index in [0.717, 1.165) is 6.42 Å². The van der Waals surface area contributed by atoms with E-state index >= 15 is 0 Å². The summed E-state index contributed by atoms with van der Waals surface area (Å²) in [5.74, 6) is 0. The predicted molar refractivity (Wildman–Crippen MR) is 32.7 cm³/mol. The molecule has 0 heterocycles. The van der Waals surface area contributed by atoms with Crippen LogP contribution in [0.3, 0.4) is 0 Å².